The van der Waals surface area contributed by atoms with Gasteiger partial charge in [0.15, 0.2) is 5.75 Å². The van der Waals surface area contributed by atoms with E-state index in [0.717, 1.165) is 6.07 Å². The zero-order valence-electron chi connectivity index (χ0n) is 18.6. The van der Waals surface area contributed by atoms with Crippen LogP contribution in [0.5, 0.6) is 5.75 Å². The van der Waals surface area contributed by atoms with Crippen molar-refractivity contribution in [3.05, 3.63) is 64.2 Å². The summed E-state index contributed by atoms with van der Waals surface area (Å²) in [4.78, 5) is 36.7. The predicted octanol–water partition coefficient (Wildman–Crippen LogP) is 1.11. The van der Waals surface area contributed by atoms with Crippen LogP contribution in [0.25, 0.3) is 0 Å². The Morgan fingerprint density at radius 3 is 2.29 bits per heavy atom. The van der Waals surface area contributed by atoms with Gasteiger partial charge in [0.05, 0.1) is 16.9 Å². The van der Waals surface area contributed by atoms with Gasteiger partial charge in [-0.1, -0.05) is 30.3 Å². The molecular formula is C21H25N5O7S. The first-order valence-electron chi connectivity index (χ1n) is 10.3. The van der Waals surface area contributed by atoms with Crippen LogP contribution in [0.2, 0.25) is 0 Å². The summed E-state index contributed by atoms with van der Waals surface area (Å²) in [5.74, 6) is -0.575. The van der Waals surface area contributed by atoms with E-state index >= 15 is 0 Å². The fraction of sp³-hybridized carbons (Fsp3) is 0.333. The van der Waals surface area contributed by atoms with E-state index < -0.39 is 38.6 Å². The van der Waals surface area contributed by atoms with Crippen molar-refractivity contribution < 1.29 is 27.7 Å². The number of sulfonamides is 1. The molecule has 2 aromatic rings. The second-order valence-electron chi connectivity index (χ2n) is 7.41. The molecule has 1 fully saturated rings. The molecule has 2 N–H and O–H groups in total. The number of rotatable bonds is 7. The van der Waals surface area contributed by atoms with E-state index in [2.05, 4.69) is 10.6 Å². The molecule has 1 aliphatic heterocycles. The van der Waals surface area contributed by atoms with Crippen molar-refractivity contribution >= 4 is 27.6 Å². The molecule has 12 nitrogen and oxygen atoms in total. The third kappa shape index (κ3) is 5.32. The van der Waals surface area contributed by atoms with E-state index in [0.29, 0.717) is 5.56 Å². The Kier molecular flexibility index (Phi) is 7.81. The Hall–Kier alpha value is -3.55. The number of nitrogens with one attached hydrogen (secondary N) is 2. The van der Waals surface area contributed by atoms with Crippen LogP contribution in [0.1, 0.15) is 11.6 Å². The van der Waals surface area contributed by atoms with Gasteiger partial charge in [0, 0.05) is 39.3 Å². The van der Waals surface area contributed by atoms with Crippen LogP contribution in [0.15, 0.2) is 53.4 Å². The summed E-state index contributed by atoms with van der Waals surface area (Å²) in [5, 5.41) is 15.9. The number of carbonyl (C=O) groups excluding carboxylic acids is 2. The molecule has 0 aromatic heterocycles. The Morgan fingerprint density at radius 2 is 1.74 bits per heavy atom. The molecule has 3 rings (SSSR count). The van der Waals surface area contributed by atoms with Crippen molar-refractivity contribution in [1.82, 2.24) is 19.8 Å². The van der Waals surface area contributed by atoms with Gasteiger partial charge >= 0.3 is 11.7 Å². The highest BCUT2D eigenvalue weighted by atomic mass is 32.2. The molecule has 3 amide bonds. The monoisotopic (exact) mass is 491 g/mol. The van der Waals surface area contributed by atoms with E-state index in [1.165, 1.54) is 30.6 Å². The van der Waals surface area contributed by atoms with Crippen molar-refractivity contribution in [2.75, 3.05) is 40.3 Å². The smallest absolute Gasteiger partial charge is 0.321 e. The zero-order valence-corrected chi connectivity index (χ0v) is 19.4. The first-order valence-corrected chi connectivity index (χ1v) is 11.8. The molecule has 1 saturated heterocycles. The fourth-order valence-corrected chi connectivity index (χ4v) is 5.17. The molecule has 1 aliphatic rings. The van der Waals surface area contributed by atoms with Crippen LogP contribution in [0.3, 0.4) is 0 Å². The highest BCUT2D eigenvalue weighted by molar-refractivity contribution is 7.89. The molecule has 182 valence electrons. The molecule has 34 heavy (non-hydrogen) atoms. The second kappa shape index (κ2) is 10.6. The summed E-state index contributed by atoms with van der Waals surface area (Å²) in [5.41, 5.74) is 0.211. The SMILES string of the molecule is CNC(=O)NC(=O)C(c1ccccc1)N1CCN(S(=O)(=O)c2ccc(OC)c([N+](=O)[O-])c2)CC1. The van der Waals surface area contributed by atoms with E-state index in [1.54, 1.807) is 35.2 Å². The zero-order chi connectivity index (χ0) is 24.9. The number of amides is 3. The predicted molar refractivity (Wildman–Crippen MR) is 122 cm³/mol. The number of benzene rings is 2. The standard InChI is InChI=1S/C21H25N5O7S/c1-22-21(28)23-20(27)19(15-6-4-3-5-7-15)24-10-12-25(13-11-24)34(31,32)16-8-9-18(33-2)17(14-16)26(29)30/h3-9,14,19H,10-13H2,1-2H3,(H2,22,23,27,28). The maximum absolute atomic E-state index is 13.1. The number of nitro groups is 1. The Labute approximate surface area is 196 Å². The van der Waals surface area contributed by atoms with Crippen LogP contribution in [-0.2, 0) is 14.8 Å². The topological polar surface area (TPSA) is 151 Å². The lowest BCUT2D eigenvalue weighted by Gasteiger charge is -2.38. The number of piperazine rings is 1. The van der Waals surface area contributed by atoms with Gasteiger partial charge in [-0.15, -0.1) is 0 Å². The lowest BCUT2D eigenvalue weighted by molar-refractivity contribution is -0.386. The molecule has 1 heterocycles. The molecule has 2 aromatic carbocycles. The minimum atomic E-state index is -4.02. The van der Waals surface area contributed by atoms with Gasteiger partial charge in [-0.2, -0.15) is 4.31 Å². The summed E-state index contributed by atoms with van der Waals surface area (Å²) < 4.78 is 32.4. The molecular weight excluding hydrogens is 466 g/mol. The van der Waals surface area contributed by atoms with Gasteiger partial charge < -0.3 is 10.1 Å². The second-order valence-corrected chi connectivity index (χ2v) is 9.35. The molecule has 1 atom stereocenters. The molecule has 0 spiro atoms. The van der Waals surface area contributed by atoms with Crippen LogP contribution in [-0.4, -0.2) is 74.8 Å². The molecule has 0 radical (unpaired) electrons. The number of urea groups is 1. The summed E-state index contributed by atoms with van der Waals surface area (Å²) in [7, 11) is -1.36. The summed E-state index contributed by atoms with van der Waals surface area (Å²) in [6, 6.07) is 10.9. The molecule has 1 unspecified atom stereocenters. The summed E-state index contributed by atoms with van der Waals surface area (Å²) >= 11 is 0. The van der Waals surface area contributed by atoms with Crippen LogP contribution in [0.4, 0.5) is 10.5 Å². The number of ether oxygens (including phenoxy) is 1. The number of methoxy groups -OCH3 is 1. The molecule has 0 bridgehead atoms. The lowest BCUT2D eigenvalue weighted by Crippen LogP contribution is -2.53. The van der Waals surface area contributed by atoms with E-state index in [4.69, 9.17) is 4.74 Å². The average Bonchev–Trinajstić information content (AvgIpc) is 2.84. The Balaban J connectivity index is 1.80. The summed E-state index contributed by atoms with van der Waals surface area (Å²) in [6.45, 7) is 0.522. The Morgan fingerprint density at radius 1 is 1.09 bits per heavy atom. The Bertz CT molecular complexity index is 1170. The number of hydrogen-bond acceptors (Lipinski definition) is 8. The average molecular weight is 492 g/mol. The van der Waals surface area contributed by atoms with Gasteiger partial charge in [0.2, 0.25) is 15.9 Å². The van der Waals surface area contributed by atoms with Crippen LogP contribution < -0.4 is 15.4 Å². The van der Waals surface area contributed by atoms with Gasteiger partial charge in [0.1, 0.15) is 6.04 Å². The van der Waals surface area contributed by atoms with Gasteiger partial charge in [-0.25, -0.2) is 13.2 Å². The molecule has 13 heteroatoms. The quantitative estimate of drug-likeness (QED) is 0.432. The van der Waals surface area contributed by atoms with Gasteiger partial charge in [-0.3, -0.25) is 25.1 Å². The normalized spacial score (nSPS) is 15.8. The fourth-order valence-electron chi connectivity index (χ4n) is 3.73. The number of imide groups is 1. The van der Waals surface area contributed by atoms with Crippen molar-refractivity contribution in [1.29, 1.82) is 0 Å². The van der Waals surface area contributed by atoms with E-state index in [-0.39, 0.29) is 36.8 Å². The molecule has 0 saturated carbocycles. The highest BCUT2D eigenvalue weighted by Crippen LogP contribution is 2.31. The van der Waals surface area contributed by atoms with Crippen LogP contribution >= 0.6 is 0 Å². The minimum absolute atomic E-state index is 0.0402. The number of hydrogen-bond donors (Lipinski definition) is 2. The van der Waals surface area contributed by atoms with E-state index in [9.17, 15) is 28.1 Å². The maximum atomic E-state index is 13.1. The third-order valence-corrected chi connectivity index (χ3v) is 7.35. The van der Waals surface area contributed by atoms with Crippen LogP contribution in [0, 0.1) is 10.1 Å². The maximum Gasteiger partial charge on any atom is 0.321 e. The number of nitrogens with zero attached hydrogens (tertiary/aromatic N) is 3. The minimum Gasteiger partial charge on any atom is -0.490 e. The highest BCUT2D eigenvalue weighted by Gasteiger charge is 2.35. The first kappa shape index (κ1) is 25.1. The largest absolute Gasteiger partial charge is 0.490 e. The lowest BCUT2D eigenvalue weighted by atomic mass is 10.0. The van der Waals surface area contributed by atoms with E-state index in [1.807, 2.05) is 0 Å². The van der Waals surface area contributed by atoms with Gasteiger partial charge in [-0.05, 0) is 17.7 Å². The van der Waals surface area contributed by atoms with Crippen molar-refractivity contribution in [2.45, 2.75) is 10.9 Å². The summed E-state index contributed by atoms with van der Waals surface area (Å²) in [6.07, 6.45) is 0. The van der Waals surface area contributed by atoms with Gasteiger partial charge in [0.25, 0.3) is 0 Å². The first-order chi connectivity index (χ1) is 16.2. The third-order valence-electron chi connectivity index (χ3n) is 5.45. The number of nitro benzene ring substituents is 1. The molecule has 0 aliphatic carbocycles. The number of carbonyl (C=O) groups is 2. The van der Waals surface area contributed by atoms with Crippen molar-refractivity contribution in [3.8, 4) is 5.75 Å². The van der Waals surface area contributed by atoms with Crippen molar-refractivity contribution in [2.24, 2.45) is 0 Å². The van der Waals surface area contributed by atoms with Crippen molar-refractivity contribution in [3.63, 3.8) is 0 Å².